The molecule has 0 aliphatic rings. The number of rotatable bonds is 4. The zero-order valence-corrected chi connectivity index (χ0v) is 10.1. The normalized spacial score (nSPS) is 12.7. The standard InChI is InChI=1S/C11H12F3NO2.ClH/c12-11(13,14)6-5-9(15)7-1-3-8(4-2-7)10(16)17;/h1-4,9H,5-6,15H2,(H,16,17);1H/t9-;/m0./s1. The van der Waals surface area contributed by atoms with E-state index in [1.165, 1.54) is 24.3 Å². The zero-order chi connectivity index (χ0) is 13.1. The van der Waals surface area contributed by atoms with Gasteiger partial charge in [-0.25, -0.2) is 4.79 Å². The van der Waals surface area contributed by atoms with E-state index in [0.29, 0.717) is 5.56 Å². The maximum absolute atomic E-state index is 12.0. The van der Waals surface area contributed by atoms with Crippen molar-refractivity contribution in [2.45, 2.75) is 25.1 Å². The van der Waals surface area contributed by atoms with Crippen LogP contribution in [-0.2, 0) is 0 Å². The molecule has 0 spiro atoms. The summed E-state index contributed by atoms with van der Waals surface area (Å²) in [5.41, 5.74) is 6.16. The molecule has 0 saturated heterocycles. The third kappa shape index (κ3) is 5.37. The number of carbonyl (C=O) groups is 1. The van der Waals surface area contributed by atoms with Gasteiger partial charge in [0.2, 0.25) is 0 Å². The molecular formula is C11H13ClF3NO2. The lowest BCUT2D eigenvalue weighted by molar-refractivity contribution is -0.136. The highest BCUT2D eigenvalue weighted by Gasteiger charge is 2.27. The fourth-order valence-electron chi connectivity index (χ4n) is 1.36. The molecule has 0 radical (unpaired) electrons. The SMILES string of the molecule is Cl.N[C@@H](CCC(F)(F)F)c1ccc(C(=O)O)cc1. The van der Waals surface area contributed by atoms with Crippen molar-refractivity contribution in [1.82, 2.24) is 0 Å². The minimum absolute atomic E-state index is 0. The molecule has 1 rings (SSSR count). The van der Waals surface area contributed by atoms with E-state index in [4.69, 9.17) is 10.8 Å². The van der Waals surface area contributed by atoms with Crippen LogP contribution in [0.4, 0.5) is 13.2 Å². The van der Waals surface area contributed by atoms with E-state index < -0.39 is 24.6 Å². The van der Waals surface area contributed by atoms with Gasteiger partial charge in [-0.2, -0.15) is 13.2 Å². The summed E-state index contributed by atoms with van der Waals surface area (Å²) in [5.74, 6) is -1.08. The van der Waals surface area contributed by atoms with Crippen molar-refractivity contribution in [2.24, 2.45) is 5.73 Å². The highest BCUT2D eigenvalue weighted by molar-refractivity contribution is 5.87. The van der Waals surface area contributed by atoms with Crippen LogP contribution >= 0.6 is 12.4 Å². The lowest BCUT2D eigenvalue weighted by Crippen LogP contribution is -2.15. The second-order valence-corrected chi connectivity index (χ2v) is 3.69. The summed E-state index contributed by atoms with van der Waals surface area (Å²) in [6.45, 7) is 0. The van der Waals surface area contributed by atoms with Gasteiger partial charge in [-0.1, -0.05) is 12.1 Å². The Balaban J connectivity index is 0.00000289. The maximum Gasteiger partial charge on any atom is 0.389 e. The lowest BCUT2D eigenvalue weighted by atomic mass is 10.0. The van der Waals surface area contributed by atoms with Crippen molar-refractivity contribution in [3.63, 3.8) is 0 Å². The molecule has 0 aliphatic heterocycles. The third-order valence-corrected chi connectivity index (χ3v) is 2.32. The average molecular weight is 284 g/mol. The van der Waals surface area contributed by atoms with E-state index in [9.17, 15) is 18.0 Å². The topological polar surface area (TPSA) is 63.3 Å². The van der Waals surface area contributed by atoms with E-state index in [1.807, 2.05) is 0 Å². The van der Waals surface area contributed by atoms with Gasteiger partial charge in [-0.15, -0.1) is 12.4 Å². The van der Waals surface area contributed by atoms with E-state index in [-0.39, 0.29) is 24.4 Å². The first-order chi connectivity index (χ1) is 7.79. The Morgan fingerprint density at radius 2 is 1.78 bits per heavy atom. The molecule has 0 aliphatic carbocycles. The first-order valence-corrected chi connectivity index (χ1v) is 4.95. The summed E-state index contributed by atoms with van der Waals surface area (Å²) in [7, 11) is 0. The van der Waals surface area contributed by atoms with E-state index >= 15 is 0 Å². The van der Waals surface area contributed by atoms with Crippen LogP contribution in [0.1, 0.15) is 34.8 Å². The predicted molar refractivity (Wildman–Crippen MR) is 62.9 cm³/mol. The minimum Gasteiger partial charge on any atom is -0.478 e. The Kier molecular flexibility index (Phi) is 6.14. The second-order valence-electron chi connectivity index (χ2n) is 3.69. The lowest BCUT2D eigenvalue weighted by Gasteiger charge is -2.13. The molecule has 7 heteroatoms. The number of halogens is 4. The smallest absolute Gasteiger partial charge is 0.389 e. The Morgan fingerprint density at radius 1 is 1.28 bits per heavy atom. The van der Waals surface area contributed by atoms with Gasteiger partial charge in [0, 0.05) is 12.5 Å². The van der Waals surface area contributed by atoms with Crippen LogP contribution in [0, 0.1) is 0 Å². The first-order valence-electron chi connectivity index (χ1n) is 4.95. The molecule has 0 amide bonds. The van der Waals surface area contributed by atoms with Crippen LogP contribution in [0.15, 0.2) is 24.3 Å². The molecule has 1 aromatic rings. The number of hydrogen-bond acceptors (Lipinski definition) is 2. The number of alkyl halides is 3. The number of carboxylic acids is 1. The third-order valence-electron chi connectivity index (χ3n) is 2.32. The molecule has 3 N–H and O–H groups in total. The van der Waals surface area contributed by atoms with E-state index in [1.54, 1.807) is 0 Å². The zero-order valence-electron chi connectivity index (χ0n) is 9.28. The highest BCUT2D eigenvalue weighted by Crippen LogP contribution is 2.26. The quantitative estimate of drug-likeness (QED) is 0.892. The van der Waals surface area contributed by atoms with Crippen molar-refractivity contribution in [2.75, 3.05) is 0 Å². The summed E-state index contributed by atoms with van der Waals surface area (Å²) < 4.78 is 35.9. The van der Waals surface area contributed by atoms with Gasteiger partial charge in [0.1, 0.15) is 0 Å². The van der Waals surface area contributed by atoms with Crippen molar-refractivity contribution in [3.05, 3.63) is 35.4 Å². The fourth-order valence-corrected chi connectivity index (χ4v) is 1.36. The van der Waals surface area contributed by atoms with Crippen LogP contribution in [0.25, 0.3) is 0 Å². The number of hydrogen-bond donors (Lipinski definition) is 2. The van der Waals surface area contributed by atoms with Gasteiger partial charge in [-0.3, -0.25) is 0 Å². The molecule has 102 valence electrons. The summed E-state index contributed by atoms with van der Waals surface area (Å²) in [5, 5.41) is 8.64. The fraction of sp³-hybridized carbons (Fsp3) is 0.364. The Morgan fingerprint density at radius 3 is 2.17 bits per heavy atom. The summed E-state index contributed by atoms with van der Waals surface area (Å²) in [6, 6.07) is 4.78. The van der Waals surface area contributed by atoms with Crippen molar-refractivity contribution >= 4 is 18.4 Å². The molecule has 0 unspecified atom stereocenters. The molecule has 0 bridgehead atoms. The largest absolute Gasteiger partial charge is 0.478 e. The van der Waals surface area contributed by atoms with Crippen molar-refractivity contribution in [3.8, 4) is 0 Å². The molecular weight excluding hydrogens is 271 g/mol. The average Bonchev–Trinajstić information content (AvgIpc) is 2.25. The number of aromatic carboxylic acids is 1. The number of benzene rings is 1. The molecule has 1 atom stereocenters. The predicted octanol–water partition coefficient (Wildman–Crippen LogP) is 3.15. The first kappa shape index (κ1) is 16.7. The van der Waals surface area contributed by atoms with Gasteiger partial charge in [0.25, 0.3) is 0 Å². The van der Waals surface area contributed by atoms with Crippen molar-refractivity contribution < 1.29 is 23.1 Å². The van der Waals surface area contributed by atoms with Gasteiger partial charge in [0.15, 0.2) is 0 Å². The maximum atomic E-state index is 12.0. The van der Waals surface area contributed by atoms with Crippen LogP contribution in [0.2, 0.25) is 0 Å². The molecule has 1 aromatic carbocycles. The van der Waals surface area contributed by atoms with Gasteiger partial charge in [-0.05, 0) is 24.1 Å². The Labute approximate surface area is 108 Å². The number of carboxylic acid groups (broad SMARTS) is 1. The van der Waals surface area contributed by atoms with E-state index in [0.717, 1.165) is 0 Å². The Bertz CT molecular complexity index is 392. The summed E-state index contributed by atoms with van der Waals surface area (Å²) in [6.07, 6.45) is -5.39. The molecule has 0 aromatic heterocycles. The van der Waals surface area contributed by atoms with Crippen LogP contribution in [0.3, 0.4) is 0 Å². The highest BCUT2D eigenvalue weighted by atomic mass is 35.5. The minimum atomic E-state index is -4.22. The van der Waals surface area contributed by atoms with Crippen LogP contribution in [0.5, 0.6) is 0 Å². The second kappa shape index (κ2) is 6.61. The molecule has 0 heterocycles. The van der Waals surface area contributed by atoms with Gasteiger partial charge in [0.05, 0.1) is 5.56 Å². The monoisotopic (exact) mass is 283 g/mol. The van der Waals surface area contributed by atoms with Crippen LogP contribution in [-0.4, -0.2) is 17.3 Å². The molecule has 0 fully saturated rings. The van der Waals surface area contributed by atoms with Crippen molar-refractivity contribution in [1.29, 1.82) is 0 Å². The molecule has 0 saturated carbocycles. The van der Waals surface area contributed by atoms with Crippen LogP contribution < -0.4 is 5.73 Å². The van der Waals surface area contributed by atoms with Gasteiger partial charge < -0.3 is 10.8 Å². The Hall–Kier alpha value is -1.27. The summed E-state index contributed by atoms with van der Waals surface area (Å²) >= 11 is 0. The molecule has 3 nitrogen and oxygen atoms in total. The molecule has 18 heavy (non-hydrogen) atoms. The summed E-state index contributed by atoms with van der Waals surface area (Å²) in [4.78, 5) is 10.6. The van der Waals surface area contributed by atoms with Gasteiger partial charge >= 0.3 is 12.1 Å². The number of nitrogens with two attached hydrogens (primary N) is 1. The van der Waals surface area contributed by atoms with E-state index in [2.05, 4.69) is 0 Å².